The van der Waals surface area contributed by atoms with E-state index in [4.69, 9.17) is 42.6 Å². The van der Waals surface area contributed by atoms with Gasteiger partial charge in [-0.3, -0.25) is 9.08 Å². The lowest BCUT2D eigenvalue weighted by atomic mass is 10.1. The predicted octanol–water partition coefficient (Wildman–Crippen LogP) is 10.2. The van der Waals surface area contributed by atoms with Gasteiger partial charge >= 0.3 is 6.09 Å². The van der Waals surface area contributed by atoms with Gasteiger partial charge in [0.15, 0.2) is 0 Å². The molecule has 70 heavy (non-hydrogen) atoms. The molecule has 1 amide bonds. The van der Waals surface area contributed by atoms with Crippen LogP contribution in [0.5, 0.6) is 11.5 Å². The van der Waals surface area contributed by atoms with Crippen molar-refractivity contribution < 1.29 is 54.9 Å². The van der Waals surface area contributed by atoms with Crippen LogP contribution in [0.1, 0.15) is 48.6 Å². The van der Waals surface area contributed by atoms with Crippen LogP contribution in [0.3, 0.4) is 0 Å². The van der Waals surface area contributed by atoms with Gasteiger partial charge in [0.05, 0.1) is 76.0 Å². The summed E-state index contributed by atoms with van der Waals surface area (Å²) in [5.41, 5.74) is 5.92. The molecule has 0 fully saturated rings. The summed E-state index contributed by atoms with van der Waals surface area (Å²) in [5.74, 6) is 1.52. The van der Waals surface area contributed by atoms with E-state index in [9.17, 15) is 17.6 Å². The van der Waals surface area contributed by atoms with Crippen LogP contribution in [-0.4, -0.2) is 114 Å². The number of hydrogen-bond donors (Lipinski definition) is 1. The molecule has 5 aromatic carbocycles. The number of amides is 1. The molecule has 14 nitrogen and oxygen atoms in total. The van der Waals surface area contributed by atoms with Gasteiger partial charge in [0.2, 0.25) is 0 Å². The van der Waals surface area contributed by atoms with Gasteiger partial charge in [0.1, 0.15) is 37.0 Å². The monoisotopic (exact) mass is 980 g/mol. The number of nitrogens with one attached hydrogen (secondary N) is 1. The molecule has 0 aliphatic heterocycles. The first-order valence-electron chi connectivity index (χ1n) is 22.7. The number of carbonyl (C=O) groups is 1. The maximum Gasteiger partial charge on any atom is 0.414 e. The van der Waals surface area contributed by atoms with E-state index in [1.165, 1.54) is 29.2 Å². The van der Waals surface area contributed by atoms with Crippen molar-refractivity contribution in [3.8, 4) is 17.6 Å². The summed E-state index contributed by atoms with van der Waals surface area (Å²) in [7, 11) is -0.312. The largest absolute Gasteiger partial charge is 0.491 e. The predicted molar refractivity (Wildman–Crippen MR) is 272 cm³/mol. The molecule has 0 aromatic heterocycles. The zero-order chi connectivity index (χ0) is 50.5. The van der Waals surface area contributed by atoms with Gasteiger partial charge in [-0.15, -0.1) is 0 Å². The molecular formula is C54H64FN3O11S. The molecular weight excluding hydrogens is 917 g/mol. The van der Waals surface area contributed by atoms with E-state index in [-0.39, 0.29) is 31.3 Å². The molecule has 374 valence electrons. The van der Waals surface area contributed by atoms with Gasteiger partial charge in [-0.2, -0.15) is 13.7 Å². The highest BCUT2D eigenvalue weighted by atomic mass is 32.2. The number of alkyl halides is 1. The second-order valence-corrected chi connectivity index (χ2v) is 17.7. The van der Waals surface area contributed by atoms with Crippen molar-refractivity contribution in [1.82, 2.24) is 0 Å². The summed E-state index contributed by atoms with van der Waals surface area (Å²) in [6, 6.07) is 38.9. The second kappa shape index (κ2) is 30.8. The van der Waals surface area contributed by atoms with Crippen LogP contribution in [0.25, 0.3) is 24.3 Å². The molecule has 0 aliphatic carbocycles. The molecule has 5 aromatic rings. The summed E-state index contributed by atoms with van der Waals surface area (Å²) in [6.45, 7) is 8.27. The first-order valence-corrected chi connectivity index (χ1v) is 24.1. The summed E-state index contributed by atoms with van der Waals surface area (Å²) in [5, 5.41) is 11.9. The Hall–Kier alpha value is -6.58. The minimum atomic E-state index is -3.90. The number of nitriles is 1. The maximum atomic E-state index is 12.3. The van der Waals surface area contributed by atoms with Gasteiger partial charge < -0.3 is 38.5 Å². The number of rotatable bonds is 27. The Morgan fingerprint density at radius 1 is 0.600 bits per heavy atom. The van der Waals surface area contributed by atoms with E-state index >= 15 is 0 Å². The third-order valence-electron chi connectivity index (χ3n) is 9.54. The summed E-state index contributed by atoms with van der Waals surface area (Å²) in [6.07, 6.45) is 7.73. The maximum absolute atomic E-state index is 12.3. The number of hydrogen-bond acceptors (Lipinski definition) is 13. The van der Waals surface area contributed by atoms with E-state index < -0.39 is 28.5 Å². The molecule has 16 heteroatoms. The second-order valence-electron chi connectivity index (χ2n) is 16.1. The fourth-order valence-electron chi connectivity index (χ4n) is 5.84. The molecule has 1 N–H and O–H groups in total. The number of nitrogens with zero attached hydrogens (tertiary/aromatic N) is 2. The van der Waals surface area contributed by atoms with E-state index in [0.29, 0.717) is 51.8 Å². The van der Waals surface area contributed by atoms with E-state index in [0.717, 1.165) is 45.1 Å². The molecule has 0 saturated heterocycles. The molecule has 0 aliphatic rings. The van der Waals surface area contributed by atoms with Crippen molar-refractivity contribution >= 4 is 51.9 Å². The van der Waals surface area contributed by atoms with E-state index in [1.54, 1.807) is 7.05 Å². The summed E-state index contributed by atoms with van der Waals surface area (Å²) >= 11 is 0. The van der Waals surface area contributed by atoms with Crippen LogP contribution in [-0.2, 0) is 38.0 Å². The SMILES string of the molecule is CN(C(=O)OC(C)(C)C)c1ccc(/C=C/c2ccc(OCCOCCOCCOS(=O)(=O)c3ccc(C#N)cc3)cc2)cc1.CNc1ccc(/C=C/c2ccc(OCCOCCOCC[18F])cc2)cc1. The first kappa shape index (κ1) is 56.0. The lowest BCUT2D eigenvalue weighted by molar-refractivity contribution is 0.0279. The molecule has 0 atom stereocenters. The molecule has 0 heterocycles. The fraction of sp³-hybridized carbons (Fsp3) is 0.333. The van der Waals surface area contributed by atoms with Gasteiger partial charge in [-0.1, -0.05) is 72.8 Å². The van der Waals surface area contributed by atoms with Crippen molar-refractivity contribution in [3.05, 3.63) is 149 Å². The Labute approximate surface area is 412 Å². The average molecular weight is 981 g/mol. The van der Waals surface area contributed by atoms with Crippen LogP contribution >= 0.6 is 0 Å². The van der Waals surface area contributed by atoms with Crippen LogP contribution in [0.2, 0.25) is 0 Å². The Balaban J connectivity index is 0.000000348. The van der Waals surface area contributed by atoms with Crippen molar-refractivity contribution in [2.45, 2.75) is 31.3 Å². The topological polar surface area (TPSA) is 164 Å². The van der Waals surface area contributed by atoms with Crippen LogP contribution < -0.4 is 19.7 Å². The van der Waals surface area contributed by atoms with Crippen molar-refractivity contribution in [3.63, 3.8) is 0 Å². The zero-order valence-electron chi connectivity index (χ0n) is 40.5. The Morgan fingerprint density at radius 2 is 1.00 bits per heavy atom. The minimum absolute atomic E-state index is 0.0145. The van der Waals surface area contributed by atoms with Crippen molar-refractivity contribution in [2.75, 3.05) is 104 Å². The van der Waals surface area contributed by atoms with Gasteiger partial charge in [0, 0.05) is 25.5 Å². The number of benzene rings is 5. The Kier molecular flexibility index (Phi) is 24.7. The zero-order valence-corrected chi connectivity index (χ0v) is 41.3. The standard InChI is InChI=1S/C33H38N2O8S.C21H26FNO3/c1-33(2,3)43-32(36)35(4)29-13-7-26(8-14-29)5-6-27-9-15-30(16-10-27)41-23-21-39-19-20-40-22-24-42-44(37,38)31-17-11-28(25-34)12-18-31;1-23-20-8-4-18(5-9-20)2-3-19-6-10-21(11-7-19)26-17-16-25-15-14-24-13-12-22/h5-18H,19-24H2,1-4H3;2-11,23H,12-17H2,1H3/b6-5+;3-2+/i;22-1. The molecule has 0 radical (unpaired) electrons. The van der Waals surface area contributed by atoms with Gasteiger partial charge in [0.25, 0.3) is 10.1 Å². The molecule has 0 saturated carbocycles. The molecule has 0 spiro atoms. The normalized spacial score (nSPS) is 11.4. The van der Waals surface area contributed by atoms with Crippen LogP contribution in [0.15, 0.2) is 126 Å². The van der Waals surface area contributed by atoms with Crippen molar-refractivity contribution in [1.29, 1.82) is 5.26 Å². The number of carbonyl (C=O) groups excluding carboxylic acids is 1. The first-order chi connectivity index (χ1) is 33.8. The number of ether oxygens (including phenoxy) is 7. The highest BCUT2D eigenvalue weighted by Crippen LogP contribution is 2.21. The summed E-state index contributed by atoms with van der Waals surface area (Å²) in [4.78, 5) is 13.7. The fourth-order valence-corrected chi connectivity index (χ4v) is 6.74. The van der Waals surface area contributed by atoms with E-state index in [1.807, 2.05) is 131 Å². The lowest BCUT2D eigenvalue weighted by Gasteiger charge is -2.24. The smallest absolute Gasteiger partial charge is 0.414 e. The molecule has 0 bridgehead atoms. The third kappa shape index (κ3) is 22.2. The molecule has 5 rings (SSSR count). The van der Waals surface area contributed by atoms with E-state index in [2.05, 4.69) is 29.6 Å². The minimum Gasteiger partial charge on any atom is -0.491 e. The van der Waals surface area contributed by atoms with Gasteiger partial charge in [-0.25, -0.2) is 9.18 Å². The van der Waals surface area contributed by atoms with Crippen LogP contribution in [0.4, 0.5) is 20.6 Å². The quantitative estimate of drug-likeness (QED) is 0.0301. The average Bonchev–Trinajstić information content (AvgIpc) is 3.37. The Morgan fingerprint density at radius 3 is 1.41 bits per heavy atom. The molecule has 0 unspecified atom stereocenters. The Bertz CT molecular complexity index is 2470. The highest BCUT2D eigenvalue weighted by Gasteiger charge is 2.20. The highest BCUT2D eigenvalue weighted by molar-refractivity contribution is 7.86. The van der Waals surface area contributed by atoms with Crippen molar-refractivity contribution in [2.24, 2.45) is 0 Å². The third-order valence-corrected chi connectivity index (χ3v) is 10.9. The summed E-state index contributed by atoms with van der Waals surface area (Å²) < 4.78 is 78.9. The van der Waals surface area contributed by atoms with Gasteiger partial charge in [-0.05, 0) is 116 Å². The number of anilines is 2. The number of halogens is 1. The lowest BCUT2D eigenvalue weighted by Crippen LogP contribution is -2.34. The van der Waals surface area contributed by atoms with Crippen LogP contribution in [0, 0.1) is 11.3 Å².